The maximum Gasteiger partial charge on any atom is 0.0544 e. The summed E-state index contributed by atoms with van der Waals surface area (Å²) in [5.74, 6) is 0. The molecule has 0 radical (unpaired) electrons. The molecule has 0 N–H and O–H groups in total. The number of allylic oxidation sites excluding steroid dienone is 4. The highest BCUT2D eigenvalue weighted by Gasteiger charge is 2.39. The largest absolute Gasteiger partial charge is 0.309 e. The van der Waals surface area contributed by atoms with Crippen molar-refractivity contribution in [2.24, 2.45) is 0 Å². The topological polar surface area (TPSA) is 4.93 Å². The standard InChI is InChI=1S/C39H31N/c1-39(2)35-19-11-9-17-31(35)33-24-34-32-18-10-12-20-37(32)40(38(34)25-36(33)39)30-22-28(26-13-5-3-6-14-26)21-29(23-30)27-15-7-4-8-16-27/h3-8,10,12-25H,9,11H2,1-2H3. The van der Waals surface area contributed by atoms with E-state index in [1.54, 1.807) is 0 Å². The normalized spacial score (nSPS) is 15.6. The van der Waals surface area contributed by atoms with Crippen molar-refractivity contribution in [3.63, 3.8) is 0 Å². The van der Waals surface area contributed by atoms with Gasteiger partial charge in [-0.15, -0.1) is 0 Å². The molecule has 0 saturated heterocycles. The first-order valence-electron chi connectivity index (χ1n) is 14.4. The van der Waals surface area contributed by atoms with Gasteiger partial charge in [0.05, 0.1) is 11.0 Å². The minimum absolute atomic E-state index is 0.00184. The van der Waals surface area contributed by atoms with E-state index in [0.717, 1.165) is 12.8 Å². The lowest BCUT2D eigenvalue weighted by Gasteiger charge is -2.23. The van der Waals surface area contributed by atoms with Gasteiger partial charge in [-0.05, 0) is 93.8 Å². The Morgan fingerprint density at radius 2 is 1.18 bits per heavy atom. The van der Waals surface area contributed by atoms with Crippen LogP contribution in [0.4, 0.5) is 0 Å². The molecule has 0 atom stereocenters. The minimum atomic E-state index is -0.00184. The fraction of sp³-hybridized carbons (Fsp3) is 0.128. The van der Waals surface area contributed by atoms with Crippen molar-refractivity contribution in [3.8, 4) is 27.9 Å². The highest BCUT2D eigenvalue weighted by Crippen LogP contribution is 2.53. The first-order chi connectivity index (χ1) is 19.6. The second kappa shape index (κ2) is 8.69. The maximum absolute atomic E-state index is 2.49. The number of benzene rings is 5. The molecule has 40 heavy (non-hydrogen) atoms. The SMILES string of the molecule is CC1(C)C2=CCCC=C2c2cc3c4ccccc4n(-c4cc(-c5ccccc5)cc(-c5ccccc5)c4)c3cc21. The third kappa shape index (κ3) is 3.41. The van der Waals surface area contributed by atoms with Crippen LogP contribution < -0.4 is 0 Å². The van der Waals surface area contributed by atoms with Crippen LogP contribution in [0.15, 0.2) is 133 Å². The molecule has 0 spiro atoms. The number of fused-ring (bicyclic) bond motifs is 6. The third-order valence-electron chi connectivity index (χ3n) is 8.99. The zero-order valence-electron chi connectivity index (χ0n) is 23.0. The zero-order chi connectivity index (χ0) is 26.8. The zero-order valence-corrected chi connectivity index (χ0v) is 23.0. The van der Waals surface area contributed by atoms with Gasteiger partial charge in [0.2, 0.25) is 0 Å². The summed E-state index contributed by atoms with van der Waals surface area (Å²) in [6.07, 6.45) is 7.20. The van der Waals surface area contributed by atoms with Crippen LogP contribution in [0.1, 0.15) is 37.8 Å². The predicted molar refractivity (Wildman–Crippen MR) is 170 cm³/mol. The molecule has 6 aromatic rings. The molecule has 0 unspecified atom stereocenters. The maximum atomic E-state index is 2.49. The van der Waals surface area contributed by atoms with Crippen molar-refractivity contribution in [1.29, 1.82) is 0 Å². The van der Waals surface area contributed by atoms with E-state index in [-0.39, 0.29) is 5.41 Å². The Labute approximate surface area is 235 Å². The van der Waals surface area contributed by atoms with Crippen LogP contribution in [0.2, 0.25) is 0 Å². The molecule has 2 aliphatic carbocycles. The first kappa shape index (κ1) is 23.3. The van der Waals surface area contributed by atoms with Crippen molar-refractivity contribution in [1.82, 2.24) is 4.57 Å². The van der Waals surface area contributed by atoms with Crippen molar-refractivity contribution >= 4 is 27.4 Å². The predicted octanol–water partition coefficient (Wildman–Crippen LogP) is 10.5. The number of hydrogen-bond donors (Lipinski definition) is 0. The smallest absolute Gasteiger partial charge is 0.0544 e. The lowest BCUT2D eigenvalue weighted by Crippen LogP contribution is -2.15. The quantitative estimate of drug-likeness (QED) is 0.222. The fourth-order valence-electron chi connectivity index (χ4n) is 7.04. The fourth-order valence-corrected chi connectivity index (χ4v) is 7.04. The van der Waals surface area contributed by atoms with E-state index >= 15 is 0 Å². The highest BCUT2D eigenvalue weighted by atomic mass is 15.0. The van der Waals surface area contributed by atoms with Crippen molar-refractivity contribution in [3.05, 3.63) is 144 Å². The third-order valence-corrected chi connectivity index (χ3v) is 8.99. The number of hydrogen-bond acceptors (Lipinski definition) is 0. The molecule has 1 aromatic heterocycles. The number of para-hydroxylation sites is 1. The number of rotatable bonds is 3. The molecular formula is C39H31N. The highest BCUT2D eigenvalue weighted by molar-refractivity contribution is 6.12. The van der Waals surface area contributed by atoms with Gasteiger partial charge >= 0.3 is 0 Å². The second-order valence-corrected chi connectivity index (χ2v) is 11.7. The molecular weight excluding hydrogens is 482 g/mol. The van der Waals surface area contributed by atoms with Crippen LogP contribution in [0, 0.1) is 0 Å². The van der Waals surface area contributed by atoms with Gasteiger partial charge in [0.15, 0.2) is 0 Å². The van der Waals surface area contributed by atoms with E-state index in [2.05, 4.69) is 146 Å². The molecule has 8 rings (SSSR count). The molecule has 0 amide bonds. The molecule has 5 aromatic carbocycles. The van der Waals surface area contributed by atoms with Gasteiger partial charge in [-0.1, -0.05) is 105 Å². The van der Waals surface area contributed by atoms with Crippen molar-refractivity contribution < 1.29 is 0 Å². The lowest BCUT2D eigenvalue weighted by atomic mass is 9.80. The summed E-state index contributed by atoms with van der Waals surface area (Å²) in [6.45, 7) is 4.79. The Morgan fingerprint density at radius 3 is 1.88 bits per heavy atom. The van der Waals surface area contributed by atoms with E-state index in [1.807, 2.05) is 0 Å². The van der Waals surface area contributed by atoms with E-state index in [1.165, 1.54) is 72.0 Å². The Bertz CT molecular complexity index is 1940. The number of nitrogens with zero attached hydrogens (tertiary/aromatic N) is 1. The summed E-state index contributed by atoms with van der Waals surface area (Å²) in [4.78, 5) is 0. The molecule has 192 valence electrons. The summed E-state index contributed by atoms with van der Waals surface area (Å²) in [6, 6.07) is 42.4. The van der Waals surface area contributed by atoms with Crippen LogP contribution in [0.3, 0.4) is 0 Å². The average Bonchev–Trinajstić information content (AvgIpc) is 3.45. The summed E-state index contributed by atoms with van der Waals surface area (Å²) in [5, 5.41) is 2.63. The van der Waals surface area contributed by atoms with Crippen LogP contribution in [0.25, 0.3) is 55.3 Å². The van der Waals surface area contributed by atoms with Gasteiger partial charge in [-0.25, -0.2) is 0 Å². The van der Waals surface area contributed by atoms with E-state index in [9.17, 15) is 0 Å². The van der Waals surface area contributed by atoms with Crippen LogP contribution in [0.5, 0.6) is 0 Å². The molecule has 1 heteroatoms. The van der Waals surface area contributed by atoms with Gasteiger partial charge in [0.1, 0.15) is 0 Å². The first-order valence-corrected chi connectivity index (χ1v) is 14.4. The molecule has 1 nitrogen and oxygen atoms in total. The number of aromatic nitrogens is 1. The Hall–Kier alpha value is -4.62. The van der Waals surface area contributed by atoms with Gasteiger partial charge in [-0.2, -0.15) is 0 Å². The monoisotopic (exact) mass is 513 g/mol. The van der Waals surface area contributed by atoms with Crippen LogP contribution >= 0.6 is 0 Å². The van der Waals surface area contributed by atoms with E-state index in [0.29, 0.717) is 0 Å². The summed E-state index contributed by atoms with van der Waals surface area (Å²) in [5.41, 5.74) is 14.4. The van der Waals surface area contributed by atoms with Crippen LogP contribution in [-0.2, 0) is 5.41 Å². The Morgan fingerprint density at radius 1 is 0.550 bits per heavy atom. The average molecular weight is 514 g/mol. The van der Waals surface area contributed by atoms with Crippen molar-refractivity contribution in [2.75, 3.05) is 0 Å². The Kier molecular flexibility index (Phi) is 5.06. The molecule has 0 saturated carbocycles. The van der Waals surface area contributed by atoms with Gasteiger partial charge in [-0.3, -0.25) is 0 Å². The minimum Gasteiger partial charge on any atom is -0.309 e. The van der Waals surface area contributed by atoms with E-state index in [4.69, 9.17) is 0 Å². The molecule has 0 fully saturated rings. The summed E-state index contributed by atoms with van der Waals surface area (Å²) < 4.78 is 2.49. The molecule has 0 aliphatic heterocycles. The summed E-state index contributed by atoms with van der Waals surface area (Å²) >= 11 is 0. The van der Waals surface area contributed by atoms with E-state index < -0.39 is 0 Å². The second-order valence-electron chi connectivity index (χ2n) is 11.7. The van der Waals surface area contributed by atoms with Gasteiger partial charge in [0, 0.05) is 21.9 Å². The lowest BCUT2D eigenvalue weighted by molar-refractivity contribution is 0.655. The molecule has 2 aliphatic rings. The molecule has 1 heterocycles. The van der Waals surface area contributed by atoms with Crippen molar-refractivity contribution in [2.45, 2.75) is 32.1 Å². The molecule has 0 bridgehead atoms. The van der Waals surface area contributed by atoms with Crippen LogP contribution in [-0.4, -0.2) is 4.57 Å². The van der Waals surface area contributed by atoms with Gasteiger partial charge in [0.25, 0.3) is 0 Å². The summed E-state index contributed by atoms with van der Waals surface area (Å²) in [7, 11) is 0. The Balaban J connectivity index is 1.46. The van der Waals surface area contributed by atoms with Gasteiger partial charge < -0.3 is 4.57 Å².